The predicted octanol–water partition coefficient (Wildman–Crippen LogP) is 2.75. The number of aryl methyl sites for hydroxylation is 1. The number of thiophene rings is 1. The smallest absolute Gasteiger partial charge is 0.0537 e. The first-order valence-corrected chi connectivity index (χ1v) is 6.75. The third kappa shape index (κ3) is 2.53. The number of hydrogen-bond acceptors (Lipinski definition) is 3. The highest BCUT2D eigenvalue weighted by Gasteiger charge is 2.14. The molecule has 0 saturated heterocycles. The number of aromatic nitrogens is 2. The van der Waals surface area contributed by atoms with E-state index in [9.17, 15) is 0 Å². The van der Waals surface area contributed by atoms with E-state index in [1.54, 1.807) is 11.3 Å². The Morgan fingerprint density at radius 2 is 2.44 bits per heavy atom. The first-order chi connectivity index (χ1) is 7.70. The molecule has 0 aliphatic rings. The lowest BCUT2D eigenvalue weighted by Gasteiger charge is -2.13. The Morgan fingerprint density at radius 1 is 1.62 bits per heavy atom. The highest BCUT2D eigenvalue weighted by Crippen LogP contribution is 2.27. The van der Waals surface area contributed by atoms with Gasteiger partial charge in [-0.1, -0.05) is 0 Å². The third-order valence-corrected chi connectivity index (χ3v) is 4.50. The minimum absolute atomic E-state index is 0.323. The standard InChI is InChI=1S/C11H14BrN3S/c1-13-10(8-6-14-15(2)7-8)5-11-9(12)3-4-16-11/h3-4,6-7,10,13H,5H2,1-2H3. The zero-order valence-corrected chi connectivity index (χ0v) is 11.7. The monoisotopic (exact) mass is 299 g/mol. The van der Waals surface area contributed by atoms with Gasteiger partial charge in [0.25, 0.3) is 0 Å². The molecule has 3 nitrogen and oxygen atoms in total. The Hall–Kier alpha value is -0.650. The summed E-state index contributed by atoms with van der Waals surface area (Å²) in [5.41, 5.74) is 1.23. The van der Waals surface area contributed by atoms with Gasteiger partial charge in [0.2, 0.25) is 0 Å². The fourth-order valence-corrected chi connectivity index (χ4v) is 3.22. The molecule has 0 bridgehead atoms. The first-order valence-electron chi connectivity index (χ1n) is 5.08. The molecular weight excluding hydrogens is 286 g/mol. The zero-order valence-electron chi connectivity index (χ0n) is 9.27. The van der Waals surface area contributed by atoms with Crippen molar-refractivity contribution >= 4 is 27.3 Å². The quantitative estimate of drug-likeness (QED) is 0.941. The van der Waals surface area contributed by atoms with Crippen LogP contribution in [0.1, 0.15) is 16.5 Å². The van der Waals surface area contributed by atoms with Gasteiger partial charge in [-0.2, -0.15) is 5.10 Å². The average Bonchev–Trinajstić information content (AvgIpc) is 2.85. The molecule has 0 saturated carbocycles. The molecule has 0 aromatic carbocycles. The second-order valence-corrected chi connectivity index (χ2v) is 5.54. The van der Waals surface area contributed by atoms with Crippen LogP contribution in [0, 0.1) is 0 Å². The first kappa shape index (κ1) is 11.8. The Bertz CT molecular complexity index is 463. The Morgan fingerprint density at radius 3 is 2.94 bits per heavy atom. The van der Waals surface area contributed by atoms with Crippen molar-refractivity contribution in [2.24, 2.45) is 7.05 Å². The molecule has 1 atom stereocenters. The molecule has 0 amide bonds. The van der Waals surface area contributed by atoms with Gasteiger partial charge < -0.3 is 5.32 Å². The van der Waals surface area contributed by atoms with Gasteiger partial charge in [-0.05, 0) is 34.4 Å². The van der Waals surface area contributed by atoms with Crippen molar-refractivity contribution in [3.8, 4) is 0 Å². The molecule has 86 valence electrons. The maximum atomic E-state index is 4.21. The van der Waals surface area contributed by atoms with Gasteiger partial charge in [-0.3, -0.25) is 4.68 Å². The van der Waals surface area contributed by atoms with Crippen molar-refractivity contribution in [3.05, 3.63) is 38.8 Å². The van der Waals surface area contributed by atoms with E-state index >= 15 is 0 Å². The Labute approximate surface area is 108 Å². The summed E-state index contributed by atoms with van der Waals surface area (Å²) in [6, 6.07) is 2.42. The highest BCUT2D eigenvalue weighted by molar-refractivity contribution is 9.10. The molecule has 2 aromatic heterocycles. The summed E-state index contributed by atoms with van der Waals surface area (Å²) in [7, 11) is 3.93. The van der Waals surface area contributed by atoms with Crippen LogP contribution in [0.3, 0.4) is 0 Å². The average molecular weight is 300 g/mol. The molecule has 1 unspecified atom stereocenters. The van der Waals surface area contributed by atoms with Gasteiger partial charge in [0.05, 0.1) is 6.20 Å². The maximum absolute atomic E-state index is 4.21. The minimum Gasteiger partial charge on any atom is -0.313 e. The fraction of sp³-hybridized carbons (Fsp3) is 0.364. The van der Waals surface area contributed by atoms with Crippen molar-refractivity contribution in [1.82, 2.24) is 15.1 Å². The summed E-state index contributed by atoms with van der Waals surface area (Å²) in [5, 5.41) is 9.64. The predicted molar refractivity (Wildman–Crippen MR) is 70.7 cm³/mol. The van der Waals surface area contributed by atoms with E-state index in [0.29, 0.717) is 6.04 Å². The minimum atomic E-state index is 0.323. The third-order valence-electron chi connectivity index (χ3n) is 2.56. The van der Waals surface area contributed by atoms with Gasteiger partial charge in [0.15, 0.2) is 0 Å². The van der Waals surface area contributed by atoms with Gasteiger partial charge in [0.1, 0.15) is 0 Å². The molecule has 2 heterocycles. The second kappa shape index (κ2) is 5.12. The topological polar surface area (TPSA) is 29.9 Å². The summed E-state index contributed by atoms with van der Waals surface area (Å²) < 4.78 is 3.03. The van der Waals surface area contributed by atoms with E-state index in [2.05, 4.69) is 44.0 Å². The number of nitrogens with zero attached hydrogens (tertiary/aromatic N) is 2. The summed E-state index contributed by atoms with van der Waals surface area (Å²) in [6.45, 7) is 0. The molecule has 5 heteroatoms. The van der Waals surface area contributed by atoms with Crippen molar-refractivity contribution in [1.29, 1.82) is 0 Å². The number of hydrogen-bond donors (Lipinski definition) is 1. The number of rotatable bonds is 4. The van der Waals surface area contributed by atoms with E-state index in [-0.39, 0.29) is 0 Å². The lowest BCUT2D eigenvalue weighted by molar-refractivity contribution is 0.595. The van der Waals surface area contributed by atoms with E-state index in [0.717, 1.165) is 6.42 Å². The van der Waals surface area contributed by atoms with Crippen molar-refractivity contribution in [2.75, 3.05) is 7.05 Å². The van der Waals surface area contributed by atoms with Crippen LogP contribution in [0.5, 0.6) is 0 Å². The van der Waals surface area contributed by atoms with Gasteiger partial charge in [-0.15, -0.1) is 11.3 Å². The van der Waals surface area contributed by atoms with Crippen molar-refractivity contribution in [2.45, 2.75) is 12.5 Å². The Kier molecular flexibility index (Phi) is 3.78. The summed E-state index contributed by atoms with van der Waals surface area (Å²) in [6.07, 6.45) is 4.96. The molecule has 2 rings (SSSR count). The van der Waals surface area contributed by atoms with Crippen LogP contribution in [0.2, 0.25) is 0 Å². The van der Waals surface area contributed by atoms with Crippen molar-refractivity contribution in [3.63, 3.8) is 0 Å². The molecule has 0 aliphatic heterocycles. The molecular formula is C11H14BrN3S. The van der Waals surface area contributed by atoms with E-state index in [1.807, 2.05) is 25.0 Å². The summed E-state index contributed by atoms with van der Waals surface area (Å²) >= 11 is 5.34. The zero-order chi connectivity index (χ0) is 11.5. The van der Waals surface area contributed by atoms with Crippen LogP contribution in [0.4, 0.5) is 0 Å². The molecule has 1 N–H and O–H groups in total. The van der Waals surface area contributed by atoms with E-state index < -0.39 is 0 Å². The largest absolute Gasteiger partial charge is 0.313 e. The second-order valence-electron chi connectivity index (χ2n) is 3.68. The molecule has 2 aromatic rings. The highest BCUT2D eigenvalue weighted by atomic mass is 79.9. The lowest BCUT2D eigenvalue weighted by atomic mass is 10.1. The molecule has 16 heavy (non-hydrogen) atoms. The molecule has 0 radical (unpaired) electrons. The molecule has 0 fully saturated rings. The van der Waals surface area contributed by atoms with E-state index in [1.165, 1.54) is 14.9 Å². The van der Waals surface area contributed by atoms with Gasteiger partial charge in [0, 0.05) is 40.6 Å². The Balaban J connectivity index is 2.15. The fourth-order valence-electron chi connectivity index (χ4n) is 1.66. The normalized spacial score (nSPS) is 12.9. The maximum Gasteiger partial charge on any atom is 0.0537 e. The van der Waals surface area contributed by atoms with Crippen molar-refractivity contribution < 1.29 is 0 Å². The van der Waals surface area contributed by atoms with Crippen LogP contribution in [-0.2, 0) is 13.5 Å². The number of likely N-dealkylation sites (N-methyl/N-ethyl adjacent to an activating group) is 1. The SMILES string of the molecule is CNC(Cc1sccc1Br)c1cnn(C)c1. The van der Waals surface area contributed by atoms with Gasteiger partial charge >= 0.3 is 0 Å². The van der Waals surface area contributed by atoms with Crippen LogP contribution in [0.25, 0.3) is 0 Å². The van der Waals surface area contributed by atoms with Crippen LogP contribution in [0.15, 0.2) is 28.3 Å². The van der Waals surface area contributed by atoms with Crippen LogP contribution in [-0.4, -0.2) is 16.8 Å². The number of nitrogens with one attached hydrogen (secondary N) is 1. The number of halogens is 1. The molecule has 0 aliphatic carbocycles. The van der Waals surface area contributed by atoms with Crippen LogP contribution < -0.4 is 5.32 Å². The summed E-state index contributed by atoms with van der Waals surface area (Å²) in [5.74, 6) is 0. The van der Waals surface area contributed by atoms with Crippen LogP contribution >= 0.6 is 27.3 Å². The lowest BCUT2D eigenvalue weighted by Crippen LogP contribution is -2.18. The summed E-state index contributed by atoms with van der Waals surface area (Å²) in [4.78, 5) is 1.36. The van der Waals surface area contributed by atoms with Gasteiger partial charge in [-0.25, -0.2) is 0 Å². The van der Waals surface area contributed by atoms with E-state index in [4.69, 9.17) is 0 Å². The molecule has 0 spiro atoms.